The number of carboxylic acids is 1. The van der Waals surface area contributed by atoms with Crippen molar-refractivity contribution in [1.29, 1.82) is 0 Å². The molecule has 0 bridgehead atoms. The van der Waals surface area contributed by atoms with Gasteiger partial charge in [-0.25, -0.2) is 13.2 Å². The Kier molecular flexibility index (Phi) is 4.99. The molecule has 1 aromatic heterocycles. The average Bonchev–Trinajstić information content (AvgIpc) is 2.71. The van der Waals surface area contributed by atoms with Crippen LogP contribution in [0.2, 0.25) is 5.02 Å². The van der Waals surface area contributed by atoms with Gasteiger partial charge in [-0.1, -0.05) is 11.6 Å². The number of carbonyl (C=O) groups is 1. The molecule has 112 valence electrons. The van der Waals surface area contributed by atoms with Gasteiger partial charge in [0.15, 0.2) is 0 Å². The van der Waals surface area contributed by atoms with Gasteiger partial charge in [-0.15, -0.1) is 11.3 Å². The standard InChI is InChI=1S/C11H6Br2ClNO4S2/c12-9-4-8(10(13)20-9)21(18,19)15-7-2-1-5(11(16)17)3-6(7)14/h1-4,15H,(H,16,17). The minimum atomic E-state index is -3.83. The highest BCUT2D eigenvalue weighted by molar-refractivity contribution is 9.12. The summed E-state index contributed by atoms with van der Waals surface area (Å²) < 4.78 is 28.0. The molecule has 0 spiro atoms. The number of sulfonamides is 1. The van der Waals surface area contributed by atoms with Crippen LogP contribution in [0.15, 0.2) is 36.7 Å². The van der Waals surface area contributed by atoms with Gasteiger partial charge in [0, 0.05) is 0 Å². The predicted molar refractivity (Wildman–Crippen MR) is 88.9 cm³/mol. The number of anilines is 1. The minimum Gasteiger partial charge on any atom is -0.478 e. The van der Waals surface area contributed by atoms with Gasteiger partial charge in [-0.05, 0) is 56.1 Å². The summed E-state index contributed by atoms with van der Waals surface area (Å²) in [5.41, 5.74) is 0.0818. The summed E-state index contributed by atoms with van der Waals surface area (Å²) >= 11 is 13.5. The number of halogens is 3. The van der Waals surface area contributed by atoms with Crippen molar-refractivity contribution in [2.75, 3.05) is 4.72 Å². The molecule has 21 heavy (non-hydrogen) atoms. The number of rotatable bonds is 4. The second kappa shape index (κ2) is 6.25. The van der Waals surface area contributed by atoms with Gasteiger partial charge in [0.25, 0.3) is 10.0 Å². The van der Waals surface area contributed by atoms with Crippen molar-refractivity contribution in [3.05, 3.63) is 42.4 Å². The van der Waals surface area contributed by atoms with E-state index in [-0.39, 0.29) is 21.2 Å². The van der Waals surface area contributed by atoms with Crippen LogP contribution >= 0.6 is 54.8 Å². The molecule has 2 aromatic rings. The van der Waals surface area contributed by atoms with Crippen molar-refractivity contribution in [3.8, 4) is 0 Å². The highest BCUT2D eigenvalue weighted by Gasteiger charge is 2.22. The second-order valence-electron chi connectivity index (χ2n) is 3.79. The summed E-state index contributed by atoms with van der Waals surface area (Å²) in [4.78, 5) is 10.9. The second-order valence-corrected chi connectivity index (χ2v) is 9.60. The van der Waals surface area contributed by atoms with E-state index in [9.17, 15) is 13.2 Å². The Morgan fingerprint density at radius 2 is 1.95 bits per heavy atom. The van der Waals surface area contributed by atoms with Crippen molar-refractivity contribution in [1.82, 2.24) is 0 Å². The predicted octanol–water partition coefficient (Wildman–Crippen LogP) is 4.43. The van der Waals surface area contributed by atoms with Gasteiger partial charge in [-0.3, -0.25) is 4.72 Å². The smallest absolute Gasteiger partial charge is 0.335 e. The fraction of sp³-hybridized carbons (Fsp3) is 0. The summed E-state index contributed by atoms with van der Waals surface area (Å²) in [7, 11) is -3.83. The van der Waals surface area contributed by atoms with Crippen LogP contribution < -0.4 is 4.72 Å². The maximum Gasteiger partial charge on any atom is 0.335 e. The molecule has 0 aliphatic heterocycles. The Hall–Kier alpha value is -0.610. The van der Waals surface area contributed by atoms with Gasteiger partial charge in [0.1, 0.15) is 4.90 Å². The normalized spacial score (nSPS) is 11.4. The molecule has 10 heteroatoms. The molecule has 2 rings (SSSR count). The van der Waals surface area contributed by atoms with E-state index in [1.165, 1.54) is 35.6 Å². The Morgan fingerprint density at radius 1 is 1.29 bits per heavy atom. The third kappa shape index (κ3) is 3.78. The lowest BCUT2D eigenvalue weighted by Gasteiger charge is -2.09. The van der Waals surface area contributed by atoms with Gasteiger partial charge in [0.2, 0.25) is 0 Å². The molecule has 0 unspecified atom stereocenters. The molecule has 0 saturated carbocycles. The molecule has 5 nitrogen and oxygen atoms in total. The van der Waals surface area contributed by atoms with Crippen molar-refractivity contribution in [3.63, 3.8) is 0 Å². The molecule has 0 radical (unpaired) electrons. The van der Waals surface area contributed by atoms with Crippen LogP contribution in [0.25, 0.3) is 0 Å². The number of hydrogen-bond acceptors (Lipinski definition) is 4. The molecule has 0 atom stereocenters. The average molecular weight is 476 g/mol. The summed E-state index contributed by atoms with van der Waals surface area (Å²) in [5, 5.41) is 8.85. The molecule has 0 amide bonds. The molecule has 0 saturated heterocycles. The fourth-order valence-corrected chi connectivity index (χ4v) is 6.62. The monoisotopic (exact) mass is 473 g/mol. The van der Waals surface area contributed by atoms with Gasteiger partial charge in [-0.2, -0.15) is 0 Å². The van der Waals surface area contributed by atoms with Crippen LogP contribution in [0.4, 0.5) is 5.69 Å². The van der Waals surface area contributed by atoms with Crippen LogP contribution in [0.3, 0.4) is 0 Å². The summed E-state index contributed by atoms with van der Waals surface area (Å²) in [6.07, 6.45) is 0. The molecule has 2 N–H and O–H groups in total. The van der Waals surface area contributed by atoms with E-state index in [0.717, 1.165) is 0 Å². The number of nitrogens with one attached hydrogen (secondary N) is 1. The maximum absolute atomic E-state index is 12.3. The SMILES string of the molecule is O=C(O)c1ccc(NS(=O)(=O)c2cc(Br)sc2Br)c(Cl)c1. The number of hydrogen-bond donors (Lipinski definition) is 2. The van der Waals surface area contributed by atoms with Crippen LogP contribution in [0, 0.1) is 0 Å². The first-order chi connectivity index (χ1) is 9.70. The van der Waals surface area contributed by atoms with E-state index in [4.69, 9.17) is 16.7 Å². The van der Waals surface area contributed by atoms with Gasteiger partial charge < -0.3 is 5.11 Å². The van der Waals surface area contributed by atoms with E-state index >= 15 is 0 Å². The number of carboxylic acid groups (broad SMARTS) is 1. The van der Waals surface area contributed by atoms with Crippen LogP contribution in [0.1, 0.15) is 10.4 Å². The lowest BCUT2D eigenvalue weighted by atomic mass is 10.2. The van der Waals surface area contributed by atoms with E-state index in [0.29, 0.717) is 7.57 Å². The molecule has 1 aromatic carbocycles. The number of benzene rings is 1. The van der Waals surface area contributed by atoms with E-state index in [1.807, 2.05) is 0 Å². The summed E-state index contributed by atoms with van der Waals surface area (Å²) in [5.74, 6) is -1.14. The largest absolute Gasteiger partial charge is 0.478 e. The van der Waals surface area contributed by atoms with Crippen LogP contribution in [-0.4, -0.2) is 19.5 Å². The molecule has 0 aliphatic carbocycles. The van der Waals surface area contributed by atoms with Crippen molar-refractivity contribution in [2.24, 2.45) is 0 Å². The topological polar surface area (TPSA) is 83.5 Å². The number of thiophene rings is 1. The lowest BCUT2D eigenvalue weighted by molar-refractivity contribution is 0.0697. The van der Waals surface area contributed by atoms with Crippen LogP contribution in [0.5, 0.6) is 0 Å². The van der Waals surface area contributed by atoms with Crippen molar-refractivity contribution in [2.45, 2.75) is 4.90 Å². The third-order valence-corrected chi connectivity index (χ3v) is 6.81. The molecule has 1 heterocycles. The number of aromatic carboxylic acids is 1. The van der Waals surface area contributed by atoms with E-state index < -0.39 is 16.0 Å². The van der Waals surface area contributed by atoms with Crippen molar-refractivity contribution < 1.29 is 18.3 Å². The zero-order valence-electron chi connectivity index (χ0n) is 9.93. The Balaban J connectivity index is 2.37. The van der Waals surface area contributed by atoms with Gasteiger partial charge >= 0.3 is 5.97 Å². The highest BCUT2D eigenvalue weighted by atomic mass is 79.9. The highest BCUT2D eigenvalue weighted by Crippen LogP contribution is 2.36. The Bertz CT molecular complexity index is 820. The quantitative estimate of drug-likeness (QED) is 0.686. The first-order valence-electron chi connectivity index (χ1n) is 5.21. The third-order valence-electron chi connectivity index (χ3n) is 2.38. The molecule has 0 fully saturated rings. The summed E-state index contributed by atoms with van der Waals surface area (Å²) in [6.45, 7) is 0. The van der Waals surface area contributed by atoms with Gasteiger partial charge in [0.05, 0.1) is 23.8 Å². The molecule has 0 aliphatic rings. The molecular formula is C11H6Br2ClNO4S2. The zero-order chi connectivity index (χ0) is 15.8. The maximum atomic E-state index is 12.3. The van der Waals surface area contributed by atoms with E-state index in [2.05, 4.69) is 36.6 Å². The van der Waals surface area contributed by atoms with Crippen LogP contribution in [-0.2, 0) is 10.0 Å². The summed E-state index contributed by atoms with van der Waals surface area (Å²) in [6, 6.07) is 5.21. The fourth-order valence-electron chi connectivity index (χ4n) is 1.44. The first-order valence-corrected chi connectivity index (χ1v) is 9.47. The first kappa shape index (κ1) is 16.8. The molecular weight excluding hydrogens is 470 g/mol. The Labute approximate surface area is 146 Å². The Morgan fingerprint density at radius 3 is 2.43 bits per heavy atom. The van der Waals surface area contributed by atoms with Crippen molar-refractivity contribution >= 4 is 76.5 Å². The minimum absolute atomic E-state index is 0.00360. The lowest BCUT2D eigenvalue weighted by Crippen LogP contribution is -2.13. The zero-order valence-corrected chi connectivity index (χ0v) is 15.5. The van der Waals surface area contributed by atoms with E-state index in [1.54, 1.807) is 0 Å².